The van der Waals surface area contributed by atoms with Gasteiger partial charge in [0.05, 0.1) is 10.7 Å². The lowest BCUT2D eigenvalue weighted by molar-refractivity contribution is 0.0916. The van der Waals surface area contributed by atoms with Gasteiger partial charge in [-0.25, -0.2) is 4.98 Å². The fraction of sp³-hybridized carbons (Fsp3) is 0.800. The second-order valence-corrected chi connectivity index (χ2v) is 7.51. The van der Waals surface area contributed by atoms with Gasteiger partial charge in [0.25, 0.3) is 0 Å². The summed E-state index contributed by atoms with van der Waals surface area (Å²) >= 11 is 1.77. The average molecular weight is 279 g/mol. The largest absolute Gasteiger partial charge is 0.311 e. The molecule has 1 aromatic rings. The van der Waals surface area contributed by atoms with Gasteiger partial charge in [-0.3, -0.25) is 4.90 Å². The lowest BCUT2D eigenvalue weighted by atomic mass is 9.97. The van der Waals surface area contributed by atoms with E-state index < -0.39 is 0 Å². The molecule has 2 unspecified atom stereocenters. The van der Waals surface area contributed by atoms with E-state index in [4.69, 9.17) is 0 Å². The highest BCUT2D eigenvalue weighted by Crippen LogP contribution is 2.37. The van der Waals surface area contributed by atoms with Crippen molar-refractivity contribution in [1.82, 2.24) is 15.2 Å². The molecule has 0 radical (unpaired) electrons. The highest BCUT2D eigenvalue weighted by Gasteiger charge is 2.39. The molecule has 2 atom stereocenters. The van der Waals surface area contributed by atoms with E-state index in [0.29, 0.717) is 12.0 Å². The summed E-state index contributed by atoms with van der Waals surface area (Å²) in [6.45, 7) is 10.1. The normalized spacial score (nSPS) is 29.1. The zero-order chi connectivity index (χ0) is 13.4. The van der Waals surface area contributed by atoms with Gasteiger partial charge in [-0.2, -0.15) is 0 Å². The van der Waals surface area contributed by atoms with Gasteiger partial charge in [0.2, 0.25) is 0 Å². The summed E-state index contributed by atoms with van der Waals surface area (Å²) in [5.74, 6) is 1.64. The molecular formula is C15H25N3S. The van der Waals surface area contributed by atoms with E-state index in [-0.39, 0.29) is 0 Å². The number of aryl methyl sites for hydroxylation is 1. The highest BCUT2D eigenvalue weighted by atomic mass is 32.1. The van der Waals surface area contributed by atoms with Crippen molar-refractivity contribution in [2.75, 3.05) is 13.1 Å². The minimum absolute atomic E-state index is 0.634. The summed E-state index contributed by atoms with van der Waals surface area (Å²) in [7, 11) is 0. The summed E-state index contributed by atoms with van der Waals surface area (Å²) in [6, 6.07) is 1.37. The van der Waals surface area contributed by atoms with Crippen molar-refractivity contribution in [3.63, 3.8) is 0 Å². The first-order valence-electron chi connectivity index (χ1n) is 7.52. The molecule has 1 saturated heterocycles. The molecule has 1 saturated carbocycles. The minimum atomic E-state index is 0.634. The van der Waals surface area contributed by atoms with Crippen molar-refractivity contribution in [3.8, 4) is 0 Å². The zero-order valence-electron chi connectivity index (χ0n) is 12.2. The number of rotatable bonds is 4. The van der Waals surface area contributed by atoms with Crippen molar-refractivity contribution >= 4 is 11.3 Å². The number of hydrogen-bond donors (Lipinski definition) is 1. The van der Waals surface area contributed by atoms with Crippen LogP contribution in [-0.4, -0.2) is 35.1 Å². The molecule has 3 nitrogen and oxygen atoms in total. The molecule has 19 heavy (non-hydrogen) atoms. The average Bonchev–Trinajstić information content (AvgIpc) is 3.13. The Morgan fingerprint density at radius 3 is 2.84 bits per heavy atom. The molecule has 2 heterocycles. The van der Waals surface area contributed by atoms with E-state index in [2.05, 4.69) is 41.4 Å². The Labute approximate surface area is 120 Å². The van der Waals surface area contributed by atoms with E-state index in [9.17, 15) is 0 Å². The Balaban J connectivity index is 1.69. The first kappa shape index (κ1) is 13.5. The van der Waals surface area contributed by atoms with Crippen LogP contribution in [0.15, 0.2) is 5.38 Å². The topological polar surface area (TPSA) is 28.2 Å². The van der Waals surface area contributed by atoms with Crippen molar-refractivity contribution in [2.45, 2.75) is 52.2 Å². The van der Waals surface area contributed by atoms with Crippen LogP contribution in [0, 0.1) is 18.8 Å². The van der Waals surface area contributed by atoms with Crippen LogP contribution in [0.5, 0.6) is 0 Å². The van der Waals surface area contributed by atoms with Crippen molar-refractivity contribution in [3.05, 3.63) is 16.1 Å². The van der Waals surface area contributed by atoms with Gasteiger partial charge in [-0.05, 0) is 31.6 Å². The number of piperazine rings is 1. The van der Waals surface area contributed by atoms with Crippen LogP contribution in [-0.2, 0) is 6.54 Å². The van der Waals surface area contributed by atoms with Crippen molar-refractivity contribution < 1.29 is 0 Å². The Morgan fingerprint density at radius 2 is 2.26 bits per heavy atom. The molecule has 1 aromatic heterocycles. The Bertz CT molecular complexity index is 425. The molecule has 2 fully saturated rings. The van der Waals surface area contributed by atoms with E-state index >= 15 is 0 Å². The molecule has 1 aliphatic heterocycles. The Hall–Kier alpha value is -0.450. The monoisotopic (exact) mass is 279 g/mol. The molecule has 1 N–H and O–H groups in total. The quantitative estimate of drug-likeness (QED) is 0.918. The summed E-state index contributed by atoms with van der Waals surface area (Å²) in [6.07, 6.45) is 2.84. The first-order chi connectivity index (χ1) is 9.13. The second kappa shape index (κ2) is 5.51. The third-order valence-electron chi connectivity index (χ3n) is 4.49. The van der Waals surface area contributed by atoms with Gasteiger partial charge in [0, 0.05) is 37.1 Å². The molecule has 106 valence electrons. The van der Waals surface area contributed by atoms with E-state index in [1.54, 1.807) is 11.3 Å². The SMILES string of the molecule is Cc1nc(CN2CC(C(C)C)NCC2C2CC2)cs1. The molecule has 0 bridgehead atoms. The first-order valence-corrected chi connectivity index (χ1v) is 8.40. The number of thiazole rings is 1. The molecule has 0 aromatic carbocycles. The summed E-state index contributed by atoms with van der Waals surface area (Å²) < 4.78 is 0. The maximum absolute atomic E-state index is 4.65. The summed E-state index contributed by atoms with van der Waals surface area (Å²) in [5, 5.41) is 7.17. The standard InChI is InChI=1S/C15H25N3S/c1-10(2)14-8-18(7-13-9-19-11(3)17-13)15(6-16-14)12-4-5-12/h9-10,12,14-16H,4-8H2,1-3H3. The Kier molecular flexibility index (Phi) is 3.92. The molecule has 4 heteroatoms. The molecule has 0 spiro atoms. The van der Waals surface area contributed by atoms with Gasteiger partial charge >= 0.3 is 0 Å². The number of nitrogens with zero attached hydrogens (tertiary/aromatic N) is 2. The molecule has 3 rings (SSSR count). The van der Waals surface area contributed by atoms with Crippen LogP contribution in [0.2, 0.25) is 0 Å². The van der Waals surface area contributed by atoms with E-state index in [0.717, 1.165) is 25.0 Å². The van der Waals surface area contributed by atoms with Gasteiger partial charge in [-0.1, -0.05) is 13.8 Å². The molecule has 0 amide bonds. The Morgan fingerprint density at radius 1 is 1.47 bits per heavy atom. The van der Waals surface area contributed by atoms with Crippen LogP contribution in [0.25, 0.3) is 0 Å². The predicted molar refractivity (Wildman–Crippen MR) is 80.4 cm³/mol. The van der Waals surface area contributed by atoms with Gasteiger partial charge in [-0.15, -0.1) is 11.3 Å². The van der Waals surface area contributed by atoms with Crippen LogP contribution < -0.4 is 5.32 Å². The summed E-state index contributed by atoms with van der Waals surface area (Å²) in [5.41, 5.74) is 1.26. The maximum atomic E-state index is 4.65. The van der Waals surface area contributed by atoms with E-state index in [1.807, 2.05) is 0 Å². The fourth-order valence-corrected chi connectivity index (χ4v) is 3.72. The number of hydrogen-bond acceptors (Lipinski definition) is 4. The van der Waals surface area contributed by atoms with E-state index in [1.165, 1.54) is 30.1 Å². The van der Waals surface area contributed by atoms with Gasteiger partial charge in [0.1, 0.15) is 0 Å². The van der Waals surface area contributed by atoms with Gasteiger partial charge < -0.3 is 5.32 Å². The maximum Gasteiger partial charge on any atom is 0.0897 e. The van der Waals surface area contributed by atoms with Crippen LogP contribution in [0.1, 0.15) is 37.4 Å². The second-order valence-electron chi connectivity index (χ2n) is 6.45. The summed E-state index contributed by atoms with van der Waals surface area (Å²) in [4.78, 5) is 7.33. The predicted octanol–water partition coefficient (Wildman–Crippen LogP) is 2.66. The lowest BCUT2D eigenvalue weighted by Gasteiger charge is -2.42. The third kappa shape index (κ3) is 3.18. The fourth-order valence-electron chi connectivity index (χ4n) is 3.12. The molecule has 1 aliphatic carbocycles. The van der Waals surface area contributed by atoms with Crippen molar-refractivity contribution in [1.29, 1.82) is 0 Å². The lowest BCUT2D eigenvalue weighted by Crippen LogP contribution is -2.58. The molecular weight excluding hydrogens is 254 g/mol. The number of nitrogens with one attached hydrogen (secondary N) is 1. The zero-order valence-corrected chi connectivity index (χ0v) is 13.0. The van der Waals surface area contributed by atoms with Gasteiger partial charge in [0.15, 0.2) is 0 Å². The highest BCUT2D eigenvalue weighted by molar-refractivity contribution is 7.09. The van der Waals surface area contributed by atoms with Crippen LogP contribution >= 0.6 is 11.3 Å². The third-order valence-corrected chi connectivity index (χ3v) is 5.31. The smallest absolute Gasteiger partial charge is 0.0897 e. The van der Waals surface area contributed by atoms with Crippen molar-refractivity contribution in [2.24, 2.45) is 11.8 Å². The minimum Gasteiger partial charge on any atom is -0.311 e. The number of aromatic nitrogens is 1. The van der Waals surface area contributed by atoms with Crippen LogP contribution in [0.4, 0.5) is 0 Å². The molecule has 2 aliphatic rings. The van der Waals surface area contributed by atoms with Crippen LogP contribution in [0.3, 0.4) is 0 Å².